The van der Waals surface area contributed by atoms with Gasteiger partial charge in [-0.25, -0.2) is 4.79 Å². The highest BCUT2D eigenvalue weighted by Crippen LogP contribution is 2.23. The number of benzene rings is 2. The number of carbonyl (C=O) groups excluding carboxylic acids is 1. The Morgan fingerprint density at radius 1 is 1.19 bits per heavy atom. The van der Waals surface area contributed by atoms with Gasteiger partial charge in [0.15, 0.2) is 0 Å². The average Bonchev–Trinajstić information content (AvgIpc) is 2.50. The Morgan fingerprint density at radius 3 is 2.57 bits per heavy atom. The number of nitrogens with one attached hydrogen (secondary N) is 1. The molecule has 0 bridgehead atoms. The molecule has 0 heterocycles. The van der Waals surface area contributed by atoms with Crippen LogP contribution in [0.5, 0.6) is 0 Å². The summed E-state index contributed by atoms with van der Waals surface area (Å²) in [6.45, 7) is 1.73. The van der Waals surface area contributed by atoms with Crippen molar-refractivity contribution < 1.29 is 14.7 Å². The summed E-state index contributed by atoms with van der Waals surface area (Å²) in [4.78, 5) is 23.6. The van der Waals surface area contributed by atoms with Crippen molar-refractivity contribution in [1.82, 2.24) is 5.32 Å². The maximum atomic E-state index is 11.8. The van der Waals surface area contributed by atoms with Gasteiger partial charge in [0.2, 0.25) is 5.91 Å². The van der Waals surface area contributed by atoms with Gasteiger partial charge in [-0.1, -0.05) is 37.3 Å². The summed E-state index contributed by atoms with van der Waals surface area (Å²) in [5, 5.41) is 13.7. The minimum absolute atomic E-state index is 0.210. The molecule has 4 nitrogen and oxygen atoms in total. The standard InChI is InChI=1S/C16H17NO3S/c1-2-14(16(19)20)17-15(18)10-21-13-8-7-11-5-3-4-6-12(11)9-13/h3-9,14H,2,10H2,1H3,(H,17,18)(H,19,20). The molecule has 2 rings (SSSR count). The van der Waals surface area contributed by atoms with Crippen LogP contribution in [0.2, 0.25) is 0 Å². The van der Waals surface area contributed by atoms with Gasteiger partial charge in [0, 0.05) is 4.90 Å². The second kappa shape index (κ2) is 7.13. The van der Waals surface area contributed by atoms with Crippen LogP contribution in [0, 0.1) is 0 Å². The lowest BCUT2D eigenvalue weighted by molar-refractivity contribution is -0.141. The summed E-state index contributed by atoms with van der Waals surface area (Å²) in [7, 11) is 0. The number of thioether (sulfide) groups is 1. The molecule has 1 atom stereocenters. The lowest BCUT2D eigenvalue weighted by Crippen LogP contribution is -2.41. The van der Waals surface area contributed by atoms with Gasteiger partial charge in [0.25, 0.3) is 0 Å². The van der Waals surface area contributed by atoms with E-state index in [1.54, 1.807) is 6.92 Å². The maximum absolute atomic E-state index is 11.8. The lowest BCUT2D eigenvalue weighted by atomic mass is 10.1. The normalized spacial score (nSPS) is 12.0. The summed E-state index contributed by atoms with van der Waals surface area (Å²) in [5.74, 6) is -1.05. The quantitative estimate of drug-likeness (QED) is 0.805. The molecule has 2 aromatic rings. The number of amides is 1. The summed E-state index contributed by atoms with van der Waals surface area (Å²) in [6, 6.07) is 13.2. The molecule has 0 saturated heterocycles. The molecule has 0 aliphatic heterocycles. The summed E-state index contributed by atoms with van der Waals surface area (Å²) < 4.78 is 0. The highest BCUT2D eigenvalue weighted by atomic mass is 32.2. The van der Waals surface area contributed by atoms with Gasteiger partial charge < -0.3 is 10.4 Å². The summed E-state index contributed by atoms with van der Waals surface area (Å²) >= 11 is 1.40. The molecule has 2 N–H and O–H groups in total. The summed E-state index contributed by atoms with van der Waals surface area (Å²) in [6.07, 6.45) is 0.377. The van der Waals surface area contributed by atoms with Crippen LogP contribution in [0.1, 0.15) is 13.3 Å². The number of hydrogen-bond donors (Lipinski definition) is 2. The number of carboxylic acids is 1. The largest absolute Gasteiger partial charge is 0.480 e. The average molecular weight is 303 g/mol. The number of aliphatic carboxylic acids is 1. The highest BCUT2D eigenvalue weighted by Gasteiger charge is 2.17. The van der Waals surface area contributed by atoms with Gasteiger partial charge in [-0.15, -0.1) is 11.8 Å². The molecule has 0 spiro atoms. The van der Waals surface area contributed by atoms with E-state index in [1.165, 1.54) is 11.8 Å². The fraction of sp³-hybridized carbons (Fsp3) is 0.250. The zero-order chi connectivity index (χ0) is 15.2. The van der Waals surface area contributed by atoms with E-state index in [0.29, 0.717) is 6.42 Å². The molecule has 0 aliphatic carbocycles. The van der Waals surface area contributed by atoms with E-state index in [1.807, 2.05) is 42.5 Å². The highest BCUT2D eigenvalue weighted by molar-refractivity contribution is 8.00. The monoisotopic (exact) mass is 303 g/mol. The van der Waals surface area contributed by atoms with Crippen LogP contribution in [0.15, 0.2) is 47.4 Å². The van der Waals surface area contributed by atoms with E-state index in [0.717, 1.165) is 15.7 Å². The van der Waals surface area contributed by atoms with Crippen LogP contribution in [0.3, 0.4) is 0 Å². The number of hydrogen-bond acceptors (Lipinski definition) is 3. The van der Waals surface area contributed by atoms with Gasteiger partial charge in [-0.2, -0.15) is 0 Å². The maximum Gasteiger partial charge on any atom is 0.326 e. The van der Waals surface area contributed by atoms with Crippen LogP contribution in [-0.2, 0) is 9.59 Å². The van der Waals surface area contributed by atoms with Crippen LogP contribution in [-0.4, -0.2) is 28.8 Å². The molecule has 110 valence electrons. The molecule has 0 saturated carbocycles. The van der Waals surface area contributed by atoms with Gasteiger partial charge in [-0.05, 0) is 29.3 Å². The van der Waals surface area contributed by atoms with E-state index in [4.69, 9.17) is 5.11 Å². The second-order valence-electron chi connectivity index (χ2n) is 4.66. The van der Waals surface area contributed by atoms with Crippen molar-refractivity contribution >= 4 is 34.4 Å². The van der Waals surface area contributed by atoms with E-state index in [-0.39, 0.29) is 11.7 Å². The topological polar surface area (TPSA) is 66.4 Å². The first kappa shape index (κ1) is 15.4. The number of rotatable bonds is 6. The Bertz CT molecular complexity index is 657. The van der Waals surface area contributed by atoms with Crippen molar-refractivity contribution in [2.24, 2.45) is 0 Å². The molecule has 0 fully saturated rings. The first-order valence-corrected chi connectivity index (χ1v) is 7.72. The van der Waals surface area contributed by atoms with Gasteiger partial charge in [0.05, 0.1) is 5.75 Å². The van der Waals surface area contributed by atoms with Gasteiger partial charge in [-0.3, -0.25) is 4.79 Å². The molecule has 0 aromatic heterocycles. The van der Waals surface area contributed by atoms with Gasteiger partial charge in [0.1, 0.15) is 6.04 Å². The molecule has 21 heavy (non-hydrogen) atoms. The molecule has 5 heteroatoms. The van der Waals surface area contributed by atoms with Crippen LogP contribution in [0.4, 0.5) is 0 Å². The zero-order valence-electron chi connectivity index (χ0n) is 11.7. The third kappa shape index (κ3) is 4.23. The smallest absolute Gasteiger partial charge is 0.326 e. The fourth-order valence-electron chi connectivity index (χ4n) is 1.98. The Morgan fingerprint density at radius 2 is 1.90 bits per heavy atom. The Labute approximate surface area is 127 Å². The third-order valence-corrected chi connectivity index (χ3v) is 4.13. The van der Waals surface area contributed by atoms with Crippen molar-refractivity contribution in [2.75, 3.05) is 5.75 Å². The van der Waals surface area contributed by atoms with Crippen molar-refractivity contribution in [3.63, 3.8) is 0 Å². The Hall–Kier alpha value is -2.01. The lowest BCUT2D eigenvalue weighted by Gasteiger charge is -2.12. The molecule has 1 amide bonds. The number of fused-ring (bicyclic) bond motifs is 1. The Balaban J connectivity index is 1.95. The SMILES string of the molecule is CCC(NC(=O)CSc1ccc2ccccc2c1)C(=O)O. The number of carbonyl (C=O) groups is 2. The first-order valence-electron chi connectivity index (χ1n) is 6.74. The fourth-order valence-corrected chi connectivity index (χ4v) is 2.74. The van der Waals surface area contributed by atoms with E-state index in [2.05, 4.69) is 5.32 Å². The predicted molar refractivity (Wildman–Crippen MR) is 84.5 cm³/mol. The van der Waals surface area contributed by atoms with Crippen molar-refractivity contribution in [3.8, 4) is 0 Å². The predicted octanol–water partition coefficient (Wildman–Crippen LogP) is 2.91. The minimum atomic E-state index is -0.999. The molecular weight excluding hydrogens is 286 g/mol. The van der Waals surface area contributed by atoms with E-state index in [9.17, 15) is 9.59 Å². The molecule has 0 radical (unpaired) electrons. The second-order valence-corrected chi connectivity index (χ2v) is 5.71. The van der Waals surface area contributed by atoms with E-state index < -0.39 is 12.0 Å². The Kier molecular flexibility index (Phi) is 5.22. The van der Waals surface area contributed by atoms with Crippen LogP contribution >= 0.6 is 11.8 Å². The summed E-state index contributed by atoms with van der Waals surface area (Å²) in [5.41, 5.74) is 0. The molecule has 2 aromatic carbocycles. The first-order chi connectivity index (χ1) is 10.1. The van der Waals surface area contributed by atoms with Crippen molar-refractivity contribution in [2.45, 2.75) is 24.3 Å². The van der Waals surface area contributed by atoms with Crippen molar-refractivity contribution in [1.29, 1.82) is 0 Å². The van der Waals surface area contributed by atoms with Crippen LogP contribution < -0.4 is 5.32 Å². The third-order valence-electron chi connectivity index (χ3n) is 3.13. The van der Waals surface area contributed by atoms with Crippen molar-refractivity contribution in [3.05, 3.63) is 42.5 Å². The minimum Gasteiger partial charge on any atom is -0.480 e. The molecule has 0 aliphatic rings. The molecule has 1 unspecified atom stereocenters. The number of carboxylic acid groups (broad SMARTS) is 1. The molecular formula is C16H17NO3S. The van der Waals surface area contributed by atoms with E-state index >= 15 is 0 Å². The van der Waals surface area contributed by atoms with Gasteiger partial charge >= 0.3 is 5.97 Å². The zero-order valence-corrected chi connectivity index (χ0v) is 12.5. The van der Waals surface area contributed by atoms with Crippen LogP contribution in [0.25, 0.3) is 10.8 Å².